The van der Waals surface area contributed by atoms with Gasteiger partial charge >= 0.3 is 0 Å². The first kappa shape index (κ1) is 17.1. The quantitative estimate of drug-likeness (QED) is 0.672. The van der Waals surface area contributed by atoms with E-state index in [2.05, 4.69) is 10.3 Å². The Morgan fingerprint density at radius 3 is 2.65 bits per heavy atom. The zero-order valence-corrected chi connectivity index (χ0v) is 15.4. The molecular formula is C19H16Cl2N4O. The van der Waals surface area contributed by atoms with Gasteiger partial charge in [0.15, 0.2) is 0 Å². The van der Waals surface area contributed by atoms with Crippen LogP contribution in [0.2, 0.25) is 10.0 Å². The third kappa shape index (κ3) is 3.32. The molecule has 4 rings (SSSR count). The van der Waals surface area contributed by atoms with E-state index >= 15 is 0 Å². The highest BCUT2D eigenvalue weighted by Crippen LogP contribution is 2.27. The minimum Gasteiger partial charge on any atom is -0.336 e. The summed E-state index contributed by atoms with van der Waals surface area (Å²) in [5.74, 6) is -0.0468. The summed E-state index contributed by atoms with van der Waals surface area (Å²) in [5.41, 5.74) is 2.41. The van der Waals surface area contributed by atoms with E-state index in [0.29, 0.717) is 28.7 Å². The van der Waals surface area contributed by atoms with E-state index in [1.807, 2.05) is 46.1 Å². The molecule has 2 heterocycles. The van der Waals surface area contributed by atoms with Crippen LogP contribution >= 0.6 is 23.2 Å². The Labute approximate surface area is 161 Å². The third-order valence-electron chi connectivity index (χ3n) is 4.57. The van der Waals surface area contributed by atoms with Crippen LogP contribution < -0.4 is 0 Å². The van der Waals surface area contributed by atoms with E-state index in [0.717, 1.165) is 17.7 Å². The van der Waals surface area contributed by atoms with Crippen LogP contribution in [0, 0.1) is 0 Å². The van der Waals surface area contributed by atoms with Crippen LogP contribution in [-0.4, -0.2) is 38.9 Å². The number of nitrogens with zero attached hydrogens (tertiary/aromatic N) is 4. The number of hydrogen-bond donors (Lipinski definition) is 0. The van der Waals surface area contributed by atoms with Gasteiger partial charge in [0.2, 0.25) is 0 Å². The number of likely N-dealkylation sites (tertiary alicyclic amines) is 1. The van der Waals surface area contributed by atoms with Crippen molar-refractivity contribution in [3.63, 3.8) is 0 Å². The maximum Gasteiger partial charge on any atom is 0.253 e. The van der Waals surface area contributed by atoms with Gasteiger partial charge in [0.05, 0.1) is 22.3 Å². The largest absolute Gasteiger partial charge is 0.336 e. The predicted octanol–water partition coefficient (Wildman–Crippen LogP) is 4.34. The normalized spacial score (nSPS) is 16.8. The molecule has 1 fully saturated rings. The first-order chi connectivity index (χ1) is 12.6. The van der Waals surface area contributed by atoms with Crippen LogP contribution in [0.3, 0.4) is 0 Å². The van der Waals surface area contributed by atoms with Crippen molar-refractivity contribution >= 4 is 29.1 Å². The SMILES string of the molecule is O=C(c1ccc(Cl)c(Cl)c1)N1CC[C@@H](n2cc(-c3ccccc3)nn2)C1. The van der Waals surface area contributed by atoms with Gasteiger partial charge in [-0.1, -0.05) is 58.7 Å². The highest BCUT2D eigenvalue weighted by atomic mass is 35.5. The van der Waals surface area contributed by atoms with Crippen molar-refractivity contribution in [1.29, 1.82) is 0 Å². The highest BCUT2D eigenvalue weighted by Gasteiger charge is 2.29. The van der Waals surface area contributed by atoms with Crippen LogP contribution in [-0.2, 0) is 0 Å². The number of carbonyl (C=O) groups is 1. The molecule has 0 saturated carbocycles. The van der Waals surface area contributed by atoms with Gasteiger partial charge in [-0.25, -0.2) is 4.68 Å². The maximum absolute atomic E-state index is 12.7. The minimum atomic E-state index is -0.0468. The molecule has 7 heteroatoms. The average molecular weight is 387 g/mol. The molecule has 132 valence electrons. The zero-order valence-electron chi connectivity index (χ0n) is 13.8. The summed E-state index contributed by atoms with van der Waals surface area (Å²) < 4.78 is 1.85. The molecule has 0 bridgehead atoms. The summed E-state index contributed by atoms with van der Waals surface area (Å²) in [6.45, 7) is 1.26. The van der Waals surface area contributed by atoms with Gasteiger partial charge in [-0.3, -0.25) is 4.79 Å². The molecule has 0 spiro atoms. The van der Waals surface area contributed by atoms with Crippen LogP contribution in [0.4, 0.5) is 0 Å². The second-order valence-electron chi connectivity index (χ2n) is 6.27. The van der Waals surface area contributed by atoms with Crippen molar-refractivity contribution in [2.45, 2.75) is 12.5 Å². The van der Waals surface area contributed by atoms with Gasteiger partial charge in [-0.05, 0) is 24.6 Å². The lowest BCUT2D eigenvalue weighted by atomic mass is 10.2. The lowest BCUT2D eigenvalue weighted by molar-refractivity contribution is 0.0787. The smallest absolute Gasteiger partial charge is 0.253 e. The number of carbonyl (C=O) groups excluding carboxylic acids is 1. The van der Waals surface area contributed by atoms with Gasteiger partial charge in [0.25, 0.3) is 5.91 Å². The lowest BCUT2D eigenvalue weighted by Crippen LogP contribution is -2.29. The molecule has 0 radical (unpaired) electrons. The summed E-state index contributed by atoms with van der Waals surface area (Å²) in [6.07, 6.45) is 2.78. The molecule has 1 aromatic heterocycles. The highest BCUT2D eigenvalue weighted by molar-refractivity contribution is 6.42. The summed E-state index contributed by atoms with van der Waals surface area (Å²) >= 11 is 12.0. The maximum atomic E-state index is 12.7. The fourth-order valence-corrected chi connectivity index (χ4v) is 3.45. The third-order valence-corrected chi connectivity index (χ3v) is 5.31. The Hall–Kier alpha value is -2.37. The lowest BCUT2D eigenvalue weighted by Gasteiger charge is -2.16. The molecule has 0 aliphatic carbocycles. The number of rotatable bonds is 3. The molecule has 3 aromatic rings. The zero-order chi connectivity index (χ0) is 18.1. The fraction of sp³-hybridized carbons (Fsp3) is 0.211. The monoisotopic (exact) mass is 386 g/mol. The minimum absolute atomic E-state index is 0.0468. The molecule has 1 aliphatic rings. The summed E-state index contributed by atoms with van der Waals surface area (Å²) in [7, 11) is 0. The van der Waals surface area contributed by atoms with Crippen LogP contribution in [0.15, 0.2) is 54.7 Å². The topological polar surface area (TPSA) is 51.0 Å². The molecule has 1 amide bonds. The fourth-order valence-electron chi connectivity index (χ4n) is 3.15. The molecule has 0 unspecified atom stereocenters. The second-order valence-corrected chi connectivity index (χ2v) is 7.09. The standard InChI is InChI=1S/C19H16Cl2N4O/c20-16-7-6-14(10-17(16)21)19(26)24-9-8-15(11-24)25-12-18(22-23-25)13-4-2-1-3-5-13/h1-7,10,12,15H,8-9,11H2/t15-/m1/s1. The molecule has 1 saturated heterocycles. The average Bonchev–Trinajstić information content (AvgIpc) is 3.33. The first-order valence-electron chi connectivity index (χ1n) is 8.33. The van der Waals surface area contributed by atoms with E-state index in [1.54, 1.807) is 18.2 Å². The van der Waals surface area contributed by atoms with Crippen molar-refractivity contribution < 1.29 is 4.79 Å². The van der Waals surface area contributed by atoms with Crippen LogP contribution in [0.25, 0.3) is 11.3 Å². The van der Waals surface area contributed by atoms with Gasteiger partial charge < -0.3 is 4.90 Å². The summed E-state index contributed by atoms with van der Waals surface area (Å²) in [6, 6.07) is 15.0. The molecular weight excluding hydrogens is 371 g/mol. The number of hydrogen-bond acceptors (Lipinski definition) is 3. The predicted molar refractivity (Wildman–Crippen MR) is 101 cm³/mol. The van der Waals surface area contributed by atoms with Crippen molar-refractivity contribution in [3.05, 3.63) is 70.3 Å². The van der Waals surface area contributed by atoms with Gasteiger partial charge in [0, 0.05) is 24.2 Å². The van der Waals surface area contributed by atoms with Crippen molar-refractivity contribution in [2.24, 2.45) is 0 Å². The van der Waals surface area contributed by atoms with Crippen molar-refractivity contribution in [1.82, 2.24) is 19.9 Å². The summed E-state index contributed by atoms with van der Waals surface area (Å²) in [5, 5.41) is 9.34. The van der Waals surface area contributed by atoms with Crippen molar-refractivity contribution in [2.75, 3.05) is 13.1 Å². The van der Waals surface area contributed by atoms with E-state index in [4.69, 9.17) is 23.2 Å². The Bertz CT molecular complexity index is 942. The molecule has 1 atom stereocenters. The number of aromatic nitrogens is 3. The number of halogens is 2. The molecule has 5 nitrogen and oxygen atoms in total. The first-order valence-corrected chi connectivity index (χ1v) is 9.09. The number of benzene rings is 2. The van der Waals surface area contributed by atoms with E-state index in [-0.39, 0.29) is 11.9 Å². The molecule has 2 aromatic carbocycles. The Balaban J connectivity index is 1.48. The van der Waals surface area contributed by atoms with Gasteiger partial charge in [-0.2, -0.15) is 0 Å². The Morgan fingerprint density at radius 2 is 1.88 bits per heavy atom. The van der Waals surface area contributed by atoms with Gasteiger partial charge in [0.1, 0.15) is 5.69 Å². The van der Waals surface area contributed by atoms with Crippen LogP contribution in [0.5, 0.6) is 0 Å². The van der Waals surface area contributed by atoms with Crippen molar-refractivity contribution in [3.8, 4) is 11.3 Å². The number of amides is 1. The van der Waals surface area contributed by atoms with E-state index in [9.17, 15) is 4.79 Å². The summed E-state index contributed by atoms with van der Waals surface area (Å²) in [4.78, 5) is 14.5. The molecule has 0 N–H and O–H groups in total. The van der Waals surface area contributed by atoms with Crippen LogP contribution in [0.1, 0.15) is 22.8 Å². The van der Waals surface area contributed by atoms with E-state index < -0.39 is 0 Å². The molecule has 26 heavy (non-hydrogen) atoms. The van der Waals surface area contributed by atoms with Gasteiger partial charge in [-0.15, -0.1) is 5.10 Å². The molecule has 1 aliphatic heterocycles. The Morgan fingerprint density at radius 1 is 1.08 bits per heavy atom. The Kier molecular flexibility index (Phi) is 4.66. The van der Waals surface area contributed by atoms with E-state index in [1.165, 1.54) is 0 Å². The second kappa shape index (κ2) is 7.09.